The summed E-state index contributed by atoms with van der Waals surface area (Å²) in [6.07, 6.45) is 0. The smallest absolute Gasteiger partial charge is 0.278 e. The lowest BCUT2D eigenvalue weighted by Gasteiger charge is -1.96. The average Bonchev–Trinajstić information content (AvgIpc) is 2.47. The van der Waals surface area contributed by atoms with E-state index in [2.05, 4.69) is 0 Å². The highest BCUT2D eigenvalue weighted by Gasteiger charge is 2.14. The van der Waals surface area contributed by atoms with Crippen LogP contribution in [0.2, 0.25) is 0 Å². The van der Waals surface area contributed by atoms with E-state index in [-0.39, 0.29) is 10.6 Å². The van der Waals surface area contributed by atoms with E-state index in [4.69, 9.17) is 5.73 Å². The second kappa shape index (κ2) is 2.95. The first kappa shape index (κ1) is 8.96. The molecule has 2 aromatic rings. The molecule has 0 saturated heterocycles. The monoisotopic (exact) mass is 208 g/mol. The maximum Gasteiger partial charge on any atom is 0.278 e. The number of hydrogen-bond donors (Lipinski definition) is 1. The van der Waals surface area contributed by atoms with Crippen molar-refractivity contribution in [2.24, 2.45) is 0 Å². The third kappa shape index (κ3) is 1.22. The number of anilines is 1. The van der Waals surface area contributed by atoms with E-state index in [0.717, 1.165) is 10.3 Å². The van der Waals surface area contributed by atoms with Crippen LogP contribution in [-0.4, -0.2) is 4.92 Å². The van der Waals surface area contributed by atoms with Gasteiger partial charge in [-0.3, -0.25) is 10.1 Å². The summed E-state index contributed by atoms with van der Waals surface area (Å²) in [5.74, 6) is 0. The third-order valence-corrected chi connectivity index (χ3v) is 3.17. The summed E-state index contributed by atoms with van der Waals surface area (Å²) in [6.45, 7) is 1.92. The molecule has 0 amide bonds. The molecule has 0 atom stereocenters. The molecule has 0 saturated carbocycles. The SMILES string of the molecule is Cc1ccc([N+](=O)[O-])c2cc(N)sc12. The van der Waals surface area contributed by atoms with Crippen molar-refractivity contribution in [3.63, 3.8) is 0 Å². The van der Waals surface area contributed by atoms with Crippen molar-refractivity contribution in [2.45, 2.75) is 6.92 Å². The Morgan fingerprint density at radius 3 is 2.86 bits per heavy atom. The number of nitro benzene ring substituents is 1. The number of aryl methyl sites for hydroxylation is 1. The number of hydrogen-bond acceptors (Lipinski definition) is 4. The van der Waals surface area contributed by atoms with Crippen LogP contribution in [0.25, 0.3) is 10.1 Å². The Balaban J connectivity index is 2.87. The van der Waals surface area contributed by atoms with Crippen LogP contribution < -0.4 is 5.73 Å². The summed E-state index contributed by atoms with van der Waals surface area (Å²) in [6, 6.07) is 4.92. The molecule has 0 unspecified atom stereocenters. The zero-order valence-electron chi connectivity index (χ0n) is 7.48. The molecule has 0 aliphatic carbocycles. The molecule has 0 radical (unpaired) electrons. The summed E-state index contributed by atoms with van der Waals surface area (Å²) in [4.78, 5) is 10.3. The Bertz CT molecular complexity index is 519. The van der Waals surface area contributed by atoms with Gasteiger partial charge in [0.1, 0.15) is 0 Å². The summed E-state index contributed by atoms with van der Waals surface area (Å²) in [5.41, 5.74) is 6.77. The first-order valence-electron chi connectivity index (χ1n) is 4.02. The zero-order valence-corrected chi connectivity index (χ0v) is 8.30. The van der Waals surface area contributed by atoms with Gasteiger partial charge in [-0.1, -0.05) is 6.07 Å². The lowest BCUT2D eigenvalue weighted by molar-refractivity contribution is -0.383. The highest BCUT2D eigenvalue weighted by Crippen LogP contribution is 2.35. The van der Waals surface area contributed by atoms with Gasteiger partial charge in [0.2, 0.25) is 0 Å². The topological polar surface area (TPSA) is 69.2 Å². The molecule has 1 aromatic carbocycles. The van der Waals surface area contributed by atoms with Gasteiger partial charge in [0.15, 0.2) is 0 Å². The van der Waals surface area contributed by atoms with Crippen LogP contribution in [0.4, 0.5) is 10.7 Å². The Kier molecular flexibility index (Phi) is 1.89. The maximum absolute atomic E-state index is 10.7. The summed E-state index contributed by atoms with van der Waals surface area (Å²) >= 11 is 1.38. The van der Waals surface area contributed by atoms with Crippen molar-refractivity contribution in [2.75, 3.05) is 5.73 Å². The maximum atomic E-state index is 10.7. The van der Waals surface area contributed by atoms with Gasteiger partial charge in [0.05, 0.1) is 15.3 Å². The molecule has 0 bridgehead atoms. The van der Waals surface area contributed by atoms with E-state index in [9.17, 15) is 10.1 Å². The van der Waals surface area contributed by atoms with Crippen molar-refractivity contribution >= 4 is 32.1 Å². The van der Waals surface area contributed by atoms with Gasteiger partial charge < -0.3 is 5.73 Å². The molecule has 4 nitrogen and oxygen atoms in total. The molecular formula is C9H8N2O2S. The van der Waals surface area contributed by atoms with Gasteiger partial charge >= 0.3 is 0 Å². The fraction of sp³-hybridized carbons (Fsp3) is 0.111. The van der Waals surface area contributed by atoms with Crippen LogP contribution >= 0.6 is 11.3 Å². The first-order chi connectivity index (χ1) is 6.59. The number of nitrogens with zero attached hydrogens (tertiary/aromatic N) is 1. The molecule has 0 aliphatic rings. The third-order valence-electron chi connectivity index (χ3n) is 2.07. The van der Waals surface area contributed by atoms with E-state index in [0.29, 0.717) is 10.4 Å². The van der Waals surface area contributed by atoms with Crippen molar-refractivity contribution in [3.05, 3.63) is 33.9 Å². The quantitative estimate of drug-likeness (QED) is 0.578. The van der Waals surface area contributed by atoms with Gasteiger partial charge in [0.25, 0.3) is 5.69 Å². The molecule has 0 fully saturated rings. The number of non-ortho nitro benzene ring substituents is 1. The molecule has 5 heteroatoms. The lowest BCUT2D eigenvalue weighted by Crippen LogP contribution is -1.88. The molecule has 2 rings (SSSR count). The number of fused-ring (bicyclic) bond motifs is 1. The highest BCUT2D eigenvalue weighted by atomic mass is 32.1. The molecule has 0 aliphatic heterocycles. The first-order valence-corrected chi connectivity index (χ1v) is 4.84. The number of benzene rings is 1. The van der Waals surface area contributed by atoms with Crippen molar-refractivity contribution in [3.8, 4) is 0 Å². The number of rotatable bonds is 1. The molecule has 1 heterocycles. The number of nitrogen functional groups attached to an aromatic ring is 1. The molecular weight excluding hydrogens is 200 g/mol. The van der Waals surface area contributed by atoms with Crippen LogP contribution in [-0.2, 0) is 0 Å². The Labute approximate surface area is 84.1 Å². The van der Waals surface area contributed by atoms with E-state index in [1.165, 1.54) is 17.4 Å². The van der Waals surface area contributed by atoms with Crippen LogP contribution in [0.15, 0.2) is 18.2 Å². The minimum Gasteiger partial charge on any atom is -0.391 e. The summed E-state index contributed by atoms with van der Waals surface area (Å²) < 4.78 is 0.900. The minimum absolute atomic E-state index is 0.124. The van der Waals surface area contributed by atoms with E-state index >= 15 is 0 Å². The Morgan fingerprint density at radius 2 is 2.21 bits per heavy atom. The van der Waals surface area contributed by atoms with E-state index < -0.39 is 0 Å². The normalized spacial score (nSPS) is 10.6. The highest BCUT2D eigenvalue weighted by molar-refractivity contribution is 7.22. The van der Waals surface area contributed by atoms with Crippen LogP contribution in [0.1, 0.15) is 5.56 Å². The van der Waals surface area contributed by atoms with Crippen LogP contribution in [0.5, 0.6) is 0 Å². The molecule has 72 valence electrons. The van der Waals surface area contributed by atoms with Gasteiger partial charge in [-0.15, -0.1) is 11.3 Å². The molecule has 14 heavy (non-hydrogen) atoms. The van der Waals surface area contributed by atoms with E-state index in [1.807, 2.05) is 6.92 Å². The summed E-state index contributed by atoms with van der Waals surface area (Å²) in [5, 5.41) is 12.0. The molecule has 2 N–H and O–H groups in total. The fourth-order valence-electron chi connectivity index (χ4n) is 1.42. The Hall–Kier alpha value is -1.62. The lowest BCUT2D eigenvalue weighted by atomic mass is 10.1. The van der Waals surface area contributed by atoms with Crippen molar-refractivity contribution in [1.29, 1.82) is 0 Å². The summed E-state index contributed by atoms with van der Waals surface area (Å²) in [7, 11) is 0. The molecule has 1 aromatic heterocycles. The Morgan fingerprint density at radius 1 is 1.50 bits per heavy atom. The second-order valence-electron chi connectivity index (χ2n) is 3.05. The van der Waals surface area contributed by atoms with Crippen LogP contribution in [0.3, 0.4) is 0 Å². The predicted molar refractivity (Wildman–Crippen MR) is 57.6 cm³/mol. The largest absolute Gasteiger partial charge is 0.391 e. The zero-order chi connectivity index (χ0) is 10.3. The number of nitro groups is 1. The van der Waals surface area contributed by atoms with Gasteiger partial charge in [-0.05, 0) is 18.6 Å². The van der Waals surface area contributed by atoms with Crippen molar-refractivity contribution < 1.29 is 4.92 Å². The van der Waals surface area contributed by atoms with Gasteiger partial charge in [-0.2, -0.15) is 0 Å². The van der Waals surface area contributed by atoms with Gasteiger partial charge in [0, 0.05) is 10.8 Å². The number of nitrogens with two attached hydrogens (primary N) is 1. The van der Waals surface area contributed by atoms with E-state index in [1.54, 1.807) is 12.1 Å². The second-order valence-corrected chi connectivity index (χ2v) is 4.13. The fourth-order valence-corrected chi connectivity index (χ4v) is 2.34. The average molecular weight is 208 g/mol. The number of thiophene rings is 1. The molecule has 0 spiro atoms. The predicted octanol–water partition coefficient (Wildman–Crippen LogP) is 2.70. The standard InChI is InChI=1S/C9H8N2O2S/c1-5-2-3-7(11(12)13)6-4-8(10)14-9(5)6/h2-4H,10H2,1H3. The van der Waals surface area contributed by atoms with Gasteiger partial charge in [-0.25, -0.2) is 0 Å². The minimum atomic E-state index is -0.381. The van der Waals surface area contributed by atoms with Crippen molar-refractivity contribution in [1.82, 2.24) is 0 Å². The van der Waals surface area contributed by atoms with Crippen LogP contribution in [0, 0.1) is 17.0 Å².